The van der Waals surface area contributed by atoms with Crippen LogP contribution in [0, 0.1) is 0 Å². The van der Waals surface area contributed by atoms with Gasteiger partial charge in [0.15, 0.2) is 7.28 Å². The van der Waals surface area contributed by atoms with E-state index in [1.807, 2.05) is 6.92 Å². The fraction of sp³-hybridized carbons (Fsp3) is 1.00. The van der Waals surface area contributed by atoms with Gasteiger partial charge in [-0.25, -0.2) is 0 Å². The number of rotatable bonds is 2. The third-order valence-corrected chi connectivity index (χ3v) is 4.15. The van der Waals surface area contributed by atoms with E-state index in [2.05, 4.69) is 0 Å². The molecular formula is C13H25BO2. The van der Waals surface area contributed by atoms with Gasteiger partial charge >= 0.3 is 0 Å². The van der Waals surface area contributed by atoms with Gasteiger partial charge in [0.2, 0.25) is 0 Å². The van der Waals surface area contributed by atoms with Gasteiger partial charge in [-0.1, -0.05) is 44.3 Å². The third kappa shape index (κ3) is 4.46. The van der Waals surface area contributed by atoms with E-state index in [1.54, 1.807) is 0 Å². The summed E-state index contributed by atoms with van der Waals surface area (Å²) in [6, 6.07) is 0.577. The molecule has 3 heteroatoms. The summed E-state index contributed by atoms with van der Waals surface area (Å²) >= 11 is 0. The predicted octanol–water partition coefficient (Wildman–Crippen LogP) is 2.45. The fourth-order valence-electron chi connectivity index (χ4n) is 2.97. The molecule has 0 aromatic carbocycles. The van der Waals surface area contributed by atoms with E-state index in [0.29, 0.717) is 6.00 Å². The maximum absolute atomic E-state index is 10.2. The van der Waals surface area contributed by atoms with E-state index in [-0.39, 0.29) is 0 Å². The van der Waals surface area contributed by atoms with Crippen LogP contribution in [0.5, 0.6) is 0 Å². The molecule has 3 atom stereocenters. The molecule has 0 spiro atoms. The maximum Gasteiger partial charge on any atom is 0.163 e. The summed E-state index contributed by atoms with van der Waals surface area (Å²) in [5.74, 6) is 0.849. The van der Waals surface area contributed by atoms with Crippen LogP contribution in [0.1, 0.15) is 58.3 Å². The summed E-state index contributed by atoms with van der Waals surface area (Å²) in [6.45, 7) is 3.00. The molecule has 0 aromatic rings. The van der Waals surface area contributed by atoms with E-state index in [1.165, 1.54) is 45.8 Å². The molecule has 2 aliphatic rings. The van der Waals surface area contributed by atoms with Crippen LogP contribution >= 0.6 is 0 Å². The van der Waals surface area contributed by atoms with E-state index < -0.39 is 5.60 Å². The van der Waals surface area contributed by atoms with Crippen molar-refractivity contribution in [1.82, 2.24) is 0 Å². The summed E-state index contributed by atoms with van der Waals surface area (Å²) in [4.78, 5) is 0. The highest BCUT2D eigenvalue weighted by Gasteiger charge is 2.29. The smallest absolute Gasteiger partial charge is 0.163 e. The lowest BCUT2D eigenvalue weighted by Crippen LogP contribution is -2.24. The standard InChI is InChI=1S/C13H25BO2/c1-13(15)8-4-2-3-6-11(7-5-9-13)14-12-10-16-12/h11-12,14-15H,2-10H2,1H3. The van der Waals surface area contributed by atoms with Gasteiger partial charge in [-0.2, -0.15) is 0 Å². The van der Waals surface area contributed by atoms with Crippen molar-refractivity contribution in [1.29, 1.82) is 0 Å². The number of hydrogen-bond acceptors (Lipinski definition) is 2. The van der Waals surface area contributed by atoms with Crippen molar-refractivity contribution in [3.63, 3.8) is 0 Å². The first kappa shape index (κ1) is 12.4. The Morgan fingerprint density at radius 2 is 1.81 bits per heavy atom. The number of hydrogen-bond donors (Lipinski definition) is 1. The molecule has 16 heavy (non-hydrogen) atoms. The molecule has 1 saturated heterocycles. The average molecular weight is 224 g/mol. The lowest BCUT2D eigenvalue weighted by molar-refractivity contribution is 0.0356. The van der Waals surface area contributed by atoms with E-state index in [9.17, 15) is 5.11 Å². The Labute approximate surface area is 100 Å². The third-order valence-electron chi connectivity index (χ3n) is 4.15. The van der Waals surface area contributed by atoms with Gasteiger partial charge in [-0.3, -0.25) is 0 Å². The number of epoxide rings is 1. The van der Waals surface area contributed by atoms with Crippen LogP contribution in [-0.2, 0) is 4.74 Å². The lowest BCUT2D eigenvalue weighted by atomic mass is 9.58. The van der Waals surface area contributed by atoms with Gasteiger partial charge < -0.3 is 9.84 Å². The van der Waals surface area contributed by atoms with Crippen molar-refractivity contribution < 1.29 is 9.84 Å². The first-order chi connectivity index (χ1) is 7.66. The maximum atomic E-state index is 10.2. The minimum atomic E-state index is -0.405. The fourth-order valence-corrected chi connectivity index (χ4v) is 2.97. The molecule has 2 fully saturated rings. The summed E-state index contributed by atoms with van der Waals surface area (Å²) < 4.78 is 5.33. The Balaban J connectivity index is 1.77. The highest BCUT2D eigenvalue weighted by atomic mass is 16.6. The zero-order chi connectivity index (χ0) is 11.4. The number of aliphatic hydroxyl groups is 1. The predicted molar refractivity (Wildman–Crippen MR) is 68.2 cm³/mol. The average Bonchev–Trinajstić information content (AvgIpc) is 3.00. The quantitative estimate of drug-likeness (QED) is 0.577. The molecule has 0 radical (unpaired) electrons. The van der Waals surface area contributed by atoms with Crippen molar-refractivity contribution in [2.75, 3.05) is 6.61 Å². The minimum absolute atomic E-state index is 0.405. The Morgan fingerprint density at radius 3 is 2.56 bits per heavy atom. The van der Waals surface area contributed by atoms with E-state index >= 15 is 0 Å². The van der Waals surface area contributed by atoms with Gasteiger partial charge in [0, 0.05) is 0 Å². The topological polar surface area (TPSA) is 32.8 Å². The molecule has 3 unspecified atom stereocenters. The lowest BCUT2D eigenvalue weighted by Gasteiger charge is -2.26. The normalized spacial score (nSPS) is 41.4. The Morgan fingerprint density at radius 1 is 1.12 bits per heavy atom. The molecule has 1 saturated carbocycles. The van der Waals surface area contributed by atoms with Crippen LogP contribution in [0.4, 0.5) is 0 Å². The Hall–Kier alpha value is -0.0151. The van der Waals surface area contributed by atoms with Crippen LogP contribution in [0.15, 0.2) is 0 Å². The van der Waals surface area contributed by atoms with E-state index in [0.717, 1.165) is 25.3 Å². The largest absolute Gasteiger partial charge is 0.390 e. The van der Waals surface area contributed by atoms with Crippen molar-refractivity contribution in [3.05, 3.63) is 0 Å². The zero-order valence-electron chi connectivity index (χ0n) is 10.6. The molecule has 1 heterocycles. The molecule has 0 aromatic heterocycles. The Kier molecular flexibility index (Phi) is 4.31. The highest BCUT2D eigenvalue weighted by molar-refractivity contribution is 6.40. The summed E-state index contributed by atoms with van der Waals surface area (Å²) in [7, 11) is 1.27. The second-order valence-electron chi connectivity index (χ2n) is 6.05. The molecule has 1 aliphatic heterocycles. The van der Waals surface area contributed by atoms with Crippen LogP contribution in [-0.4, -0.2) is 30.6 Å². The van der Waals surface area contributed by atoms with E-state index in [4.69, 9.17) is 4.74 Å². The molecule has 1 N–H and O–H groups in total. The van der Waals surface area contributed by atoms with Crippen molar-refractivity contribution in [2.45, 2.75) is 75.7 Å². The monoisotopic (exact) mass is 224 g/mol. The minimum Gasteiger partial charge on any atom is -0.390 e. The van der Waals surface area contributed by atoms with Crippen molar-refractivity contribution in [2.24, 2.45) is 0 Å². The van der Waals surface area contributed by atoms with Crippen LogP contribution in [0.2, 0.25) is 5.82 Å². The second kappa shape index (κ2) is 5.55. The second-order valence-corrected chi connectivity index (χ2v) is 6.05. The van der Waals surface area contributed by atoms with Gasteiger partial charge in [0.1, 0.15) is 0 Å². The molecule has 92 valence electrons. The molecule has 1 aliphatic carbocycles. The Bertz CT molecular complexity index is 214. The van der Waals surface area contributed by atoms with Crippen molar-refractivity contribution in [3.8, 4) is 0 Å². The van der Waals surface area contributed by atoms with Gasteiger partial charge in [-0.05, 0) is 19.8 Å². The summed E-state index contributed by atoms with van der Waals surface area (Å²) in [6.07, 6.45) is 9.64. The van der Waals surface area contributed by atoms with Crippen LogP contribution in [0.25, 0.3) is 0 Å². The SMILES string of the molecule is CC1(O)CCCCCC(BC2CO2)CCC1. The van der Waals surface area contributed by atoms with Crippen molar-refractivity contribution >= 4 is 7.28 Å². The first-order valence-corrected chi connectivity index (χ1v) is 7.00. The van der Waals surface area contributed by atoms with Gasteiger partial charge in [-0.15, -0.1) is 0 Å². The first-order valence-electron chi connectivity index (χ1n) is 7.00. The summed E-state index contributed by atoms with van der Waals surface area (Å²) in [5.41, 5.74) is -0.405. The molecule has 2 nitrogen and oxygen atoms in total. The molecular weight excluding hydrogens is 199 g/mol. The summed E-state index contributed by atoms with van der Waals surface area (Å²) in [5, 5.41) is 10.2. The molecule has 0 amide bonds. The molecule has 0 bridgehead atoms. The van der Waals surface area contributed by atoms with Crippen LogP contribution in [0.3, 0.4) is 0 Å². The van der Waals surface area contributed by atoms with Gasteiger partial charge in [0.05, 0.1) is 18.2 Å². The molecule has 2 rings (SSSR count). The zero-order valence-corrected chi connectivity index (χ0v) is 10.6. The van der Waals surface area contributed by atoms with Gasteiger partial charge in [0.25, 0.3) is 0 Å². The number of ether oxygens (including phenoxy) is 1. The van der Waals surface area contributed by atoms with Crippen LogP contribution < -0.4 is 0 Å². The highest BCUT2D eigenvalue weighted by Crippen LogP contribution is 2.31.